The van der Waals surface area contributed by atoms with Crippen LogP contribution in [0.3, 0.4) is 0 Å². The van der Waals surface area contributed by atoms with Gasteiger partial charge in [-0.05, 0) is 44.5 Å². The van der Waals surface area contributed by atoms with Crippen molar-refractivity contribution in [2.75, 3.05) is 5.75 Å². The van der Waals surface area contributed by atoms with Crippen LogP contribution in [0, 0.1) is 20.8 Å². The number of alkyl halides is 3. The highest BCUT2D eigenvalue weighted by Crippen LogP contribution is 2.31. The molecule has 3 rings (SSSR count). The minimum atomic E-state index is -4.49. The van der Waals surface area contributed by atoms with E-state index >= 15 is 0 Å². The Hall–Kier alpha value is -2.87. The molecule has 1 amide bonds. The van der Waals surface area contributed by atoms with Gasteiger partial charge in [0, 0.05) is 21.5 Å². The van der Waals surface area contributed by atoms with Gasteiger partial charge < -0.3 is 0 Å². The lowest BCUT2D eigenvalue weighted by molar-refractivity contribution is -0.137. The van der Waals surface area contributed by atoms with Gasteiger partial charge in [0.05, 0.1) is 23.0 Å². The van der Waals surface area contributed by atoms with Gasteiger partial charge in [-0.3, -0.25) is 9.78 Å². The first-order valence-electron chi connectivity index (χ1n) is 9.14. The number of carbonyl (C=O) groups is 1. The summed E-state index contributed by atoms with van der Waals surface area (Å²) in [6.07, 6.45) is -3.48. The number of thioether (sulfide) groups is 1. The van der Waals surface area contributed by atoms with E-state index in [9.17, 15) is 18.0 Å². The molecule has 3 aromatic rings. The SMILES string of the molecule is Cc1cc(C)c2nc(C)cc(SCC(=O)N/N=C\c3ccccc3C(F)(F)F)c2c1. The van der Waals surface area contributed by atoms with Crippen molar-refractivity contribution in [1.29, 1.82) is 0 Å². The Bertz CT molecular complexity index is 1130. The van der Waals surface area contributed by atoms with Crippen LogP contribution in [0.2, 0.25) is 0 Å². The number of hydrazone groups is 1. The van der Waals surface area contributed by atoms with Crippen molar-refractivity contribution in [3.63, 3.8) is 0 Å². The summed E-state index contributed by atoms with van der Waals surface area (Å²) in [7, 11) is 0. The van der Waals surface area contributed by atoms with Crippen LogP contribution >= 0.6 is 11.8 Å². The quantitative estimate of drug-likeness (QED) is 0.333. The van der Waals surface area contributed by atoms with E-state index in [0.29, 0.717) is 0 Å². The van der Waals surface area contributed by atoms with Crippen molar-refractivity contribution in [3.8, 4) is 0 Å². The molecule has 4 nitrogen and oxygen atoms in total. The number of fused-ring (bicyclic) bond motifs is 1. The van der Waals surface area contributed by atoms with E-state index in [-0.39, 0.29) is 11.3 Å². The van der Waals surface area contributed by atoms with Gasteiger partial charge in [-0.15, -0.1) is 11.8 Å². The molecule has 0 saturated carbocycles. The summed E-state index contributed by atoms with van der Waals surface area (Å²) in [5.74, 6) is -0.336. The van der Waals surface area contributed by atoms with Crippen molar-refractivity contribution in [2.24, 2.45) is 5.10 Å². The minimum absolute atomic E-state index is 0.0732. The maximum Gasteiger partial charge on any atom is 0.417 e. The average molecular weight is 431 g/mol. The first-order chi connectivity index (χ1) is 14.1. The molecule has 8 heteroatoms. The molecule has 0 fully saturated rings. The number of carbonyl (C=O) groups excluding carboxylic acids is 1. The summed E-state index contributed by atoms with van der Waals surface area (Å²) < 4.78 is 39.0. The lowest BCUT2D eigenvalue weighted by atomic mass is 10.1. The third kappa shape index (κ3) is 5.18. The van der Waals surface area contributed by atoms with E-state index in [4.69, 9.17) is 0 Å². The lowest BCUT2D eigenvalue weighted by Crippen LogP contribution is -2.20. The smallest absolute Gasteiger partial charge is 0.272 e. The van der Waals surface area contributed by atoms with E-state index in [1.165, 1.54) is 30.0 Å². The predicted octanol–water partition coefficient (Wildman–Crippen LogP) is 5.42. The van der Waals surface area contributed by atoms with Crippen LogP contribution < -0.4 is 5.43 Å². The number of nitrogens with one attached hydrogen (secondary N) is 1. The molecule has 0 spiro atoms. The van der Waals surface area contributed by atoms with E-state index in [0.717, 1.165) is 44.9 Å². The summed E-state index contributed by atoms with van der Waals surface area (Å²) >= 11 is 1.34. The maximum absolute atomic E-state index is 13.0. The fourth-order valence-corrected chi connectivity index (χ4v) is 4.02. The van der Waals surface area contributed by atoms with Gasteiger partial charge in [0.1, 0.15) is 0 Å². The Kier molecular flexibility index (Phi) is 6.45. The van der Waals surface area contributed by atoms with Crippen LogP contribution in [-0.2, 0) is 11.0 Å². The van der Waals surface area contributed by atoms with Gasteiger partial charge in [0.15, 0.2) is 0 Å². The van der Waals surface area contributed by atoms with Gasteiger partial charge in [0.25, 0.3) is 0 Å². The van der Waals surface area contributed by atoms with E-state index in [2.05, 4.69) is 21.6 Å². The van der Waals surface area contributed by atoms with Gasteiger partial charge in [-0.2, -0.15) is 18.3 Å². The molecule has 0 aliphatic rings. The Morgan fingerprint density at radius 2 is 1.90 bits per heavy atom. The number of aromatic nitrogens is 1. The van der Waals surface area contributed by atoms with Gasteiger partial charge in [-0.25, -0.2) is 5.43 Å². The fourth-order valence-electron chi connectivity index (χ4n) is 3.11. The van der Waals surface area contributed by atoms with Crippen LogP contribution in [-0.4, -0.2) is 22.9 Å². The monoisotopic (exact) mass is 431 g/mol. The third-order valence-electron chi connectivity index (χ3n) is 4.36. The van der Waals surface area contributed by atoms with Crippen molar-refractivity contribution >= 4 is 34.8 Å². The Morgan fingerprint density at radius 3 is 2.63 bits per heavy atom. The molecule has 0 aliphatic heterocycles. The maximum atomic E-state index is 13.0. The average Bonchev–Trinajstić information content (AvgIpc) is 2.66. The summed E-state index contributed by atoms with van der Waals surface area (Å²) in [5, 5.41) is 4.66. The van der Waals surface area contributed by atoms with Gasteiger partial charge in [0.2, 0.25) is 5.91 Å². The number of pyridine rings is 1. The zero-order chi connectivity index (χ0) is 21.9. The first kappa shape index (κ1) is 21.8. The Labute approximate surface area is 176 Å². The number of hydrogen-bond acceptors (Lipinski definition) is 4. The highest BCUT2D eigenvalue weighted by Gasteiger charge is 2.32. The predicted molar refractivity (Wildman–Crippen MR) is 114 cm³/mol. The number of amides is 1. The summed E-state index contributed by atoms with van der Waals surface area (Å²) in [5.41, 5.74) is 5.28. The first-order valence-corrected chi connectivity index (χ1v) is 10.1. The van der Waals surface area contributed by atoms with Gasteiger partial charge >= 0.3 is 6.18 Å². The highest BCUT2D eigenvalue weighted by atomic mass is 32.2. The normalized spacial score (nSPS) is 11.9. The summed E-state index contributed by atoms with van der Waals surface area (Å²) in [6, 6.07) is 11.1. The van der Waals surface area contributed by atoms with Crippen LogP contribution in [0.1, 0.15) is 27.9 Å². The zero-order valence-corrected chi connectivity index (χ0v) is 17.5. The molecule has 1 aromatic heterocycles. The van der Waals surface area contributed by atoms with Crippen LogP contribution in [0.25, 0.3) is 10.9 Å². The second-order valence-electron chi connectivity index (χ2n) is 6.91. The Morgan fingerprint density at radius 1 is 1.17 bits per heavy atom. The number of hydrogen-bond donors (Lipinski definition) is 1. The van der Waals surface area contributed by atoms with E-state index < -0.39 is 17.6 Å². The van der Waals surface area contributed by atoms with Crippen molar-refractivity contribution in [3.05, 3.63) is 70.4 Å². The molecular formula is C22H20F3N3OS. The molecule has 0 aliphatic carbocycles. The molecule has 2 aromatic carbocycles. The van der Waals surface area contributed by atoms with E-state index in [1.54, 1.807) is 0 Å². The molecule has 1 heterocycles. The minimum Gasteiger partial charge on any atom is -0.272 e. The van der Waals surface area contributed by atoms with Crippen LogP contribution in [0.4, 0.5) is 13.2 Å². The van der Waals surface area contributed by atoms with Crippen molar-refractivity contribution < 1.29 is 18.0 Å². The fraction of sp³-hybridized carbons (Fsp3) is 0.227. The molecule has 0 saturated heterocycles. The summed E-state index contributed by atoms with van der Waals surface area (Å²) in [4.78, 5) is 17.7. The van der Waals surface area contributed by atoms with Crippen LogP contribution in [0.5, 0.6) is 0 Å². The van der Waals surface area contributed by atoms with Crippen molar-refractivity contribution in [1.82, 2.24) is 10.4 Å². The van der Waals surface area contributed by atoms with E-state index in [1.807, 2.05) is 32.9 Å². The molecular weight excluding hydrogens is 411 g/mol. The standard InChI is InChI=1S/C22H20F3N3OS/c1-13-8-14(2)21-17(9-13)19(10-15(3)27-21)30-12-20(29)28-26-11-16-6-4-5-7-18(16)22(23,24)25/h4-11H,12H2,1-3H3,(H,28,29)/b26-11-. The second kappa shape index (κ2) is 8.87. The number of rotatable bonds is 5. The number of halogens is 3. The number of nitrogens with zero attached hydrogens (tertiary/aromatic N) is 2. The lowest BCUT2D eigenvalue weighted by Gasteiger charge is -2.10. The van der Waals surface area contributed by atoms with Crippen LogP contribution in [0.15, 0.2) is 52.5 Å². The van der Waals surface area contributed by atoms with Gasteiger partial charge in [-0.1, -0.05) is 29.8 Å². The highest BCUT2D eigenvalue weighted by molar-refractivity contribution is 8.00. The molecule has 156 valence electrons. The number of aryl methyl sites for hydroxylation is 3. The summed E-state index contributed by atoms with van der Waals surface area (Å²) in [6.45, 7) is 5.89. The molecule has 0 radical (unpaired) electrons. The second-order valence-corrected chi connectivity index (χ2v) is 7.92. The number of benzene rings is 2. The molecule has 0 unspecified atom stereocenters. The topological polar surface area (TPSA) is 54.4 Å². The Balaban J connectivity index is 1.70. The molecule has 1 N–H and O–H groups in total. The van der Waals surface area contributed by atoms with Crippen molar-refractivity contribution in [2.45, 2.75) is 31.8 Å². The largest absolute Gasteiger partial charge is 0.417 e. The molecule has 0 atom stereocenters. The third-order valence-corrected chi connectivity index (χ3v) is 5.41. The molecule has 30 heavy (non-hydrogen) atoms. The zero-order valence-electron chi connectivity index (χ0n) is 16.7. The molecule has 0 bridgehead atoms.